The maximum Gasteiger partial charge on any atom is 0.434 e. The van der Waals surface area contributed by atoms with Crippen LogP contribution in [-0.4, -0.2) is 21.6 Å². The molecule has 3 aromatic rings. The number of nitrogens with zero attached hydrogens (tertiary/aromatic N) is 2. The molecule has 2 N–H and O–H groups in total. The van der Waals surface area contributed by atoms with Crippen molar-refractivity contribution in [1.29, 1.82) is 0 Å². The molecule has 6 nitrogen and oxygen atoms in total. The molecular formula is C19H15F3N4O2. The Labute approximate surface area is 158 Å². The van der Waals surface area contributed by atoms with E-state index >= 15 is 0 Å². The van der Waals surface area contributed by atoms with Crippen molar-refractivity contribution in [3.63, 3.8) is 0 Å². The number of aromatic nitrogens is 2. The fourth-order valence-corrected chi connectivity index (χ4v) is 2.57. The van der Waals surface area contributed by atoms with E-state index in [9.17, 15) is 22.8 Å². The van der Waals surface area contributed by atoms with Crippen LogP contribution in [0.25, 0.3) is 5.69 Å². The van der Waals surface area contributed by atoms with E-state index in [0.29, 0.717) is 10.2 Å². The molecule has 1 aromatic heterocycles. The summed E-state index contributed by atoms with van der Waals surface area (Å²) in [4.78, 5) is 24.1. The zero-order chi connectivity index (χ0) is 20.1. The number of nitrogens with one attached hydrogen (secondary N) is 2. The largest absolute Gasteiger partial charge is 0.434 e. The number of hydrogen-bond acceptors (Lipinski definition) is 3. The van der Waals surface area contributed by atoms with Crippen LogP contribution in [0.15, 0.2) is 66.9 Å². The highest BCUT2D eigenvalue weighted by Gasteiger charge is 2.40. The number of para-hydroxylation sites is 1. The number of carbonyl (C=O) groups is 2. The van der Waals surface area contributed by atoms with E-state index in [4.69, 9.17) is 0 Å². The minimum Gasteiger partial charge on any atom is -0.273 e. The molecule has 0 atom stereocenters. The molecule has 0 bridgehead atoms. The number of rotatable bonds is 4. The van der Waals surface area contributed by atoms with Gasteiger partial charge < -0.3 is 0 Å². The van der Waals surface area contributed by atoms with Crippen LogP contribution in [0.2, 0.25) is 0 Å². The Bertz CT molecular complexity index is 970. The third-order valence-electron chi connectivity index (χ3n) is 3.81. The van der Waals surface area contributed by atoms with Gasteiger partial charge in [0.25, 0.3) is 5.91 Å². The van der Waals surface area contributed by atoms with Gasteiger partial charge in [-0.3, -0.25) is 20.4 Å². The molecule has 9 heteroatoms. The van der Waals surface area contributed by atoms with Crippen LogP contribution in [0.3, 0.4) is 0 Å². The van der Waals surface area contributed by atoms with Crippen LogP contribution < -0.4 is 10.9 Å². The molecule has 144 valence electrons. The summed E-state index contributed by atoms with van der Waals surface area (Å²) in [6, 6.07) is 16.3. The van der Waals surface area contributed by atoms with Crippen molar-refractivity contribution in [1.82, 2.24) is 20.6 Å². The molecule has 0 fully saturated rings. The highest BCUT2D eigenvalue weighted by Crippen LogP contribution is 2.33. The van der Waals surface area contributed by atoms with Crippen molar-refractivity contribution in [3.05, 3.63) is 83.7 Å². The number of hydrazine groups is 1. The Balaban J connectivity index is 1.76. The first-order chi connectivity index (χ1) is 13.4. The van der Waals surface area contributed by atoms with Crippen LogP contribution in [0.5, 0.6) is 0 Å². The molecule has 0 aliphatic rings. The summed E-state index contributed by atoms with van der Waals surface area (Å²) in [7, 11) is 0. The lowest BCUT2D eigenvalue weighted by atomic mass is 10.1. The third kappa shape index (κ3) is 4.37. The molecule has 0 saturated heterocycles. The Morgan fingerprint density at radius 3 is 2.14 bits per heavy atom. The second-order valence-electron chi connectivity index (χ2n) is 5.82. The number of hydrogen-bond donors (Lipinski definition) is 2. The van der Waals surface area contributed by atoms with E-state index in [1.165, 1.54) is 12.1 Å². The van der Waals surface area contributed by atoms with Crippen LogP contribution in [-0.2, 0) is 17.4 Å². The topological polar surface area (TPSA) is 76.0 Å². The molecule has 0 spiro atoms. The average molecular weight is 388 g/mol. The van der Waals surface area contributed by atoms with Crippen LogP contribution in [0, 0.1) is 0 Å². The molecule has 3 rings (SSSR count). The van der Waals surface area contributed by atoms with Gasteiger partial charge in [0.05, 0.1) is 23.9 Å². The quantitative estimate of drug-likeness (QED) is 0.675. The molecule has 0 radical (unpaired) electrons. The lowest BCUT2D eigenvalue weighted by Crippen LogP contribution is -2.42. The van der Waals surface area contributed by atoms with Crippen LogP contribution in [0.1, 0.15) is 21.6 Å². The molecule has 1 heterocycles. The van der Waals surface area contributed by atoms with E-state index in [2.05, 4.69) is 10.5 Å². The van der Waals surface area contributed by atoms with Gasteiger partial charge in [0, 0.05) is 0 Å². The first-order valence-electron chi connectivity index (χ1n) is 8.20. The Hall–Kier alpha value is -3.62. The maximum atomic E-state index is 13.5. The number of benzene rings is 2. The third-order valence-corrected chi connectivity index (χ3v) is 3.81. The van der Waals surface area contributed by atoms with Gasteiger partial charge in [-0.05, 0) is 17.7 Å². The number of alkyl halides is 3. The summed E-state index contributed by atoms with van der Waals surface area (Å²) in [5, 5.41) is 3.69. The fraction of sp³-hybridized carbons (Fsp3) is 0.105. The molecule has 0 aliphatic carbocycles. The Morgan fingerprint density at radius 2 is 1.54 bits per heavy atom. The van der Waals surface area contributed by atoms with Crippen LogP contribution >= 0.6 is 0 Å². The van der Waals surface area contributed by atoms with E-state index in [1.807, 2.05) is 5.43 Å². The summed E-state index contributed by atoms with van der Waals surface area (Å²) >= 11 is 0. The van der Waals surface area contributed by atoms with Crippen molar-refractivity contribution >= 4 is 11.8 Å². The SMILES string of the molecule is O=C(Cc1ccccc1)NNC(=O)c1cnn(-c2ccccc2)c1C(F)(F)F. The predicted molar refractivity (Wildman–Crippen MR) is 94.3 cm³/mol. The van der Waals surface area contributed by atoms with Crippen molar-refractivity contribution in [2.45, 2.75) is 12.6 Å². The fourth-order valence-electron chi connectivity index (χ4n) is 2.57. The second-order valence-corrected chi connectivity index (χ2v) is 5.82. The van der Waals surface area contributed by atoms with E-state index in [0.717, 1.165) is 6.20 Å². The molecule has 0 unspecified atom stereocenters. The number of carbonyl (C=O) groups excluding carboxylic acids is 2. The first kappa shape index (κ1) is 19.2. The van der Waals surface area contributed by atoms with E-state index in [-0.39, 0.29) is 12.1 Å². The highest BCUT2D eigenvalue weighted by atomic mass is 19.4. The summed E-state index contributed by atoms with van der Waals surface area (Å²) in [6.07, 6.45) is -4.04. The summed E-state index contributed by atoms with van der Waals surface area (Å²) in [5.74, 6) is -1.68. The van der Waals surface area contributed by atoms with Gasteiger partial charge in [-0.15, -0.1) is 0 Å². The van der Waals surface area contributed by atoms with Gasteiger partial charge in [-0.2, -0.15) is 18.3 Å². The molecule has 2 amide bonds. The van der Waals surface area contributed by atoms with Gasteiger partial charge >= 0.3 is 6.18 Å². The highest BCUT2D eigenvalue weighted by molar-refractivity contribution is 5.96. The van der Waals surface area contributed by atoms with E-state index < -0.39 is 29.2 Å². The maximum absolute atomic E-state index is 13.5. The summed E-state index contributed by atoms with van der Waals surface area (Å²) in [6.45, 7) is 0. The van der Waals surface area contributed by atoms with Crippen molar-refractivity contribution in [2.75, 3.05) is 0 Å². The van der Waals surface area contributed by atoms with Gasteiger partial charge in [0.1, 0.15) is 0 Å². The molecule has 2 aromatic carbocycles. The molecular weight excluding hydrogens is 373 g/mol. The smallest absolute Gasteiger partial charge is 0.273 e. The lowest BCUT2D eigenvalue weighted by molar-refractivity contribution is -0.143. The van der Waals surface area contributed by atoms with Crippen molar-refractivity contribution in [2.24, 2.45) is 0 Å². The first-order valence-corrected chi connectivity index (χ1v) is 8.20. The Kier molecular flexibility index (Phi) is 5.44. The standard InChI is InChI=1S/C19H15F3N4O2/c20-19(21,22)17-15(12-23-26(17)14-9-5-2-6-10-14)18(28)25-24-16(27)11-13-7-3-1-4-8-13/h1-10,12H,11H2,(H,24,27)(H,25,28). The summed E-state index contributed by atoms with van der Waals surface area (Å²) in [5.41, 5.74) is 3.04. The van der Waals surface area contributed by atoms with Crippen LogP contribution in [0.4, 0.5) is 13.2 Å². The van der Waals surface area contributed by atoms with Crippen molar-refractivity contribution < 1.29 is 22.8 Å². The number of amides is 2. The summed E-state index contributed by atoms with van der Waals surface area (Å²) < 4.78 is 41.3. The minimum absolute atomic E-state index is 0.0312. The molecule has 0 saturated carbocycles. The van der Waals surface area contributed by atoms with Gasteiger partial charge in [-0.1, -0.05) is 48.5 Å². The monoisotopic (exact) mass is 388 g/mol. The molecule has 0 aliphatic heterocycles. The zero-order valence-corrected chi connectivity index (χ0v) is 14.4. The van der Waals surface area contributed by atoms with E-state index in [1.54, 1.807) is 48.5 Å². The normalized spacial score (nSPS) is 11.1. The van der Waals surface area contributed by atoms with Gasteiger partial charge in [0.15, 0.2) is 5.69 Å². The average Bonchev–Trinajstić information content (AvgIpc) is 3.13. The second kappa shape index (κ2) is 7.95. The Morgan fingerprint density at radius 1 is 0.929 bits per heavy atom. The number of halogens is 3. The zero-order valence-electron chi connectivity index (χ0n) is 14.4. The lowest BCUT2D eigenvalue weighted by Gasteiger charge is -2.13. The van der Waals surface area contributed by atoms with Gasteiger partial charge in [-0.25, -0.2) is 4.68 Å². The predicted octanol–water partition coefficient (Wildman–Crippen LogP) is 2.89. The van der Waals surface area contributed by atoms with Gasteiger partial charge in [0.2, 0.25) is 5.91 Å². The van der Waals surface area contributed by atoms with Crippen molar-refractivity contribution in [3.8, 4) is 5.69 Å². The molecule has 28 heavy (non-hydrogen) atoms. The minimum atomic E-state index is -4.83.